The summed E-state index contributed by atoms with van der Waals surface area (Å²) in [6.45, 7) is 0. The molecule has 0 atom stereocenters. The van der Waals surface area contributed by atoms with E-state index in [0.717, 1.165) is 9.99 Å². The van der Waals surface area contributed by atoms with Gasteiger partial charge in [-0.15, -0.1) is 10.2 Å². The first-order chi connectivity index (χ1) is 12.7. The number of hydrogen-bond donors (Lipinski definition) is 3. The maximum Gasteiger partial charge on any atom is 0.238 e. The molecule has 0 bridgehead atoms. The lowest BCUT2D eigenvalue weighted by Crippen LogP contribution is -2.13. The van der Waals surface area contributed by atoms with Crippen LogP contribution in [0.3, 0.4) is 0 Å². The summed E-state index contributed by atoms with van der Waals surface area (Å²) in [5.41, 5.74) is 1.45. The summed E-state index contributed by atoms with van der Waals surface area (Å²) < 4.78 is 25.3. The molecule has 0 aliphatic heterocycles. The summed E-state index contributed by atoms with van der Waals surface area (Å²) in [7, 11) is -2.12. The van der Waals surface area contributed by atoms with E-state index in [1.165, 1.54) is 18.2 Å². The van der Waals surface area contributed by atoms with Crippen LogP contribution in [0.1, 0.15) is 0 Å². The average Bonchev–Trinajstić information content (AvgIpc) is 2.83. The van der Waals surface area contributed by atoms with E-state index in [9.17, 15) is 13.5 Å². The van der Waals surface area contributed by atoms with Gasteiger partial charge in [-0.05, 0) is 48.6 Å². The van der Waals surface area contributed by atoms with Crippen LogP contribution in [0.4, 0.5) is 11.4 Å². The Morgan fingerprint density at radius 2 is 2.04 bits per heavy atom. The third-order valence-corrected chi connectivity index (χ3v) is 5.35. The quantitative estimate of drug-likeness (QED) is 0.399. The fourth-order valence-corrected chi connectivity index (χ4v) is 3.54. The van der Waals surface area contributed by atoms with Crippen LogP contribution in [-0.2, 0) is 17.1 Å². The monoisotopic (exact) mass is 467 g/mol. The Labute approximate surface area is 168 Å². The number of primary sulfonamides is 1. The van der Waals surface area contributed by atoms with E-state index in [1.807, 2.05) is 12.1 Å². The Bertz CT molecular complexity index is 1190. The van der Waals surface area contributed by atoms with Crippen molar-refractivity contribution in [1.82, 2.24) is 4.57 Å². The molecule has 0 aliphatic rings. The van der Waals surface area contributed by atoms with Crippen LogP contribution in [0.15, 0.2) is 62.1 Å². The highest BCUT2D eigenvalue weighted by Crippen LogP contribution is 2.39. The first kappa shape index (κ1) is 19.4. The van der Waals surface area contributed by atoms with Crippen LogP contribution in [-0.4, -0.2) is 23.2 Å². The molecule has 2 aromatic carbocycles. The number of anilines is 1. The Kier molecular flexibility index (Phi) is 5.29. The number of aromatic hydroxyl groups is 1. The largest absolute Gasteiger partial charge is 0.493 e. The maximum absolute atomic E-state index is 11.4. The fourth-order valence-electron chi connectivity index (χ4n) is 2.47. The number of halogens is 1. The summed E-state index contributed by atoms with van der Waals surface area (Å²) in [6.07, 6.45) is 0. The first-order valence-electron chi connectivity index (χ1n) is 7.49. The molecule has 0 amide bonds. The number of nitrogens with one attached hydrogen (secondary N) is 1. The lowest BCUT2D eigenvalue weighted by atomic mass is 10.2. The van der Waals surface area contributed by atoms with Crippen LogP contribution in [0.25, 0.3) is 10.9 Å². The molecule has 27 heavy (non-hydrogen) atoms. The van der Waals surface area contributed by atoms with Crippen molar-refractivity contribution in [2.24, 2.45) is 22.4 Å². The Hall–Kier alpha value is -2.34. The van der Waals surface area contributed by atoms with Crippen molar-refractivity contribution in [3.63, 3.8) is 0 Å². The van der Waals surface area contributed by atoms with E-state index in [2.05, 4.69) is 31.5 Å². The minimum atomic E-state index is -3.82. The second kappa shape index (κ2) is 7.35. The predicted molar refractivity (Wildman–Crippen MR) is 111 cm³/mol. The fraction of sp³-hybridized carbons (Fsp3) is 0.0625. The van der Waals surface area contributed by atoms with Gasteiger partial charge in [-0.3, -0.25) is 0 Å². The first-order valence-corrected chi connectivity index (χ1v) is 10.2. The van der Waals surface area contributed by atoms with Gasteiger partial charge in [0, 0.05) is 22.6 Å². The molecule has 0 saturated heterocycles. The number of sulfonamides is 1. The zero-order valence-corrected chi connectivity index (χ0v) is 17.1. The lowest BCUT2D eigenvalue weighted by Gasteiger charge is -2.05. The Morgan fingerprint density at radius 1 is 1.30 bits per heavy atom. The molecule has 140 valence electrons. The van der Waals surface area contributed by atoms with Crippen molar-refractivity contribution in [1.29, 1.82) is 0 Å². The zero-order valence-electron chi connectivity index (χ0n) is 13.9. The number of nitrogens with two attached hydrogens (primary N) is 1. The molecule has 0 saturated carbocycles. The average molecular weight is 468 g/mol. The third kappa shape index (κ3) is 4.16. The highest BCUT2D eigenvalue weighted by atomic mass is 79.9. The molecule has 11 heteroatoms. The summed E-state index contributed by atoms with van der Waals surface area (Å²) in [6, 6.07) is 11.3. The van der Waals surface area contributed by atoms with Gasteiger partial charge >= 0.3 is 0 Å². The molecule has 3 aromatic rings. The summed E-state index contributed by atoms with van der Waals surface area (Å²) >= 11 is 8.51. The van der Waals surface area contributed by atoms with Crippen LogP contribution in [0.2, 0.25) is 0 Å². The summed E-state index contributed by atoms with van der Waals surface area (Å²) in [5.74, 6) is -0.0501. The molecule has 3 rings (SSSR count). The number of nitrogens with zero attached hydrogens (tertiary/aromatic N) is 3. The van der Waals surface area contributed by atoms with E-state index in [0.29, 0.717) is 11.1 Å². The molecule has 4 N–H and O–H groups in total. The molecular formula is C16H14BrN5O3S2. The van der Waals surface area contributed by atoms with Crippen LogP contribution in [0.5, 0.6) is 5.88 Å². The van der Waals surface area contributed by atoms with Crippen molar-refractivity contribution >= 4 is 65.6 Å². The van der Waals surface area contributed by atoms with Crippen LogP contribution >= 0.6 is 28.1 Å². The minimum Gasteiger partial charge on any atom is -0.493 e. The van der Waals surface area contributed by atoms with E-state index in [-0.39, 0.29) is 21.6 Å². The number of fused-ring (bicyclic) bond motifs is 1. The van der Waals surface area contributed by atoms with Gasteiger partial charge in [-0.1, -0.05) is 22.0 Å². The highest BCUT2D eigenvalue weighted by Gasteiger charge is 2.15. The van der Waals surface area contributed by atoms with E-state index in [4.69, 9.17) is 17.4 Å². The minimum absolute atomic E-state index is 0.00455. The molecule has 1 aromatic heterocycles. The molecule has 1 heterocycles. The van der Waals surface area contributed by atoms with Crippen molar-refractivity contribution in [2.45, 2.75) is 4.90 Å². The zero-order chi connectivity index (χ0) is 19.8. The van der Waals surface area contributed by atoms with Gasteiger partial charge in [-0.25, -0.2) is 13.6 Å². The highest BCUT2D eigenvalue weighted by molar-refractivity contribution is 9.10. The van der Waals surface area contributed by atoms with Crippen LogP contribution in [0, 0.1) is 0 Å². The van der Waals surface area contributed by atoms with Gasteiger partial charge < -0.3 is 15.0 Å². The van der Waals surface area contributed by atoms with E-state index >= 15 is 0 Å². The number of benzene rings is 2. The van der Waals surface area contributed by atoms with Crippen molar-refractivity contribution < 1.29 is 13.5 Å². The number of hydrogen-bond acceptors (Lipinski definition) is 5. The molecular weight excluding hydrogens is 454 g/mol. The normalized spacial score (nSPS) is 12.0. The van der Waals surface area contributed by atoms with E-state index < -0.39 is 10.0 Å². The number of aromatic nitrogens is 1. The third-order valence-electron chi connectivity index (χ3n) is 3.76. The van der Waals surface area contributed by atoms with Gasteiger partial charge in [0.15, 0.2) is 5.69 Å². The Balaban J connectivity index is 1.86. The second-order valence-electron chi connectivity index (χ2n) is 5.60. The molecule has 8 nitrogen and oxygen atoms in total. The smallest absolute Gasteiger partial charge is 0.238 e. The molecule has 0 spiro atoms. The van der Waals surface area contributed by atoms with Crippen molar-refractivity contribution in [3.8, 4) is 5.88 Å². The number of rotatable bonds is 3. The summed E-state index contributed by atoms with van der Waals surface area (Å²) in [4.78, 5) is -0.0514. The maximum atomic E-state index is 11.4. The SMILES string of the molecule is Cn1c(O)c(N=NC(=S)Nc2cccc(S(N)(=O)=O)c2)c2ccc(Br)cc21. The van der Waals surface area contributed by atoms with E-state index in [1.54, 1.807) is 23.7 Å². The van der Waals surface area contributed by atoms with Gasteiger partial charge in [-0.2, -0.15) is 0 Å². The Morgan fingerprint density at radius 3 is 2.74 bits per heavy atom. The predicted octanol–water partition coefficient (Wildman–Crippen LogP) is 3.77. The van der Waals surface area contributed by atoms with Crippen molar-refractivity contribution in [2.75, 3.05) is 5.32 Å². The topological polar surface area (TPSA) is 122 Å². The van der Waals surface area contributed by atoms with Gasteiger partial charge in [0.05, 0.1) is 10.4 Å². The lowest BCUT2D eigenvalue weighted by molar-refractivity contribution is 0.436. The number of azo groups is 1. The van der Waals surface area contributed by atoms with Gasteiger partial charge in [0.2, 0.25) is 21.0 Å². The van der Waals surface area contributed by atoms with Gasteiger partial charge in [0.25, 0.3) is 0 Å². The standard InChI is InChI=1S/C16H14BrN5O3S2/c1-22-13-7-9(17)5-6-12(13)14(15(22)23)20-21-16(26)19-10-3-2-4-11(8-10)27(18,24)25/h2-8,23H,1H3,(H,19,26)(H2,18,24,25). The molecule has 0 fully saturated rings. The second-order valence-corrected chi connectivity index (χ2v) is 8.46. The molecule has 0 radical (unpaired) electrons. The summed E-state index contributed by atoms with van der Waals surface area (Å²) in [5, 5.41) is 26.8. The van der Waals surface area contributed by atoms with Crippen LogP contribution < -0.4 is 10.5 Å². The molecule has 0 unspecified atom stereocenters. The molecule has 0 aliphatic carbocycles. The number of thiocarbonyl (C=S) groups is 1. The van der Waals surface area contributed by atoms with Gasteiger partial charge in [0.1, 0.15) is 0 Å². The number of aryl methyl sites for hydroxylation is 1. The van der Waals surface area contributed by atoms with Crippen molar-refractivity contribution in [3.05, 3.63) is 46.9 Å².